The maximum absolute atomic E-state index is 8.24. The van der Waals surface area contributed by atoms with Crippen molar-refractivity contribution in [1.29, 1.82) is 0 Å². The van der Waals surface area contributed by atoms with Gasteiger partial charge in [0, 0.05) is 44.3 Å². The summed E-state index contributed by atoms with van der Waals surface area (Å²) in [4.78, 5) is 4.42. The first-order valence-corrected chi connectivity index (χ1v) is 22.5. The average Bonchev–Trinajstić information content (AvgIpc) is 4.04. The maximum Gasteiger partial charge on any atom is 0.159 e. The molecule has 0 aliphatic rings. The van der Waals surface area contributed by atoms with Crippen LogP contribution in [0.4, 0.5) is 34.1 Å². The van der Waals surface area contributed by atoms with Crippen LogP contribution in [-0.2, 0) is 0 Å². The van der Waals surface area contributed by atoms with Gasteiger partial charge in [-0.05, 0) is 129 Å². The topological polar surface area (TPSA) is 32.8 Å². The van der Waals surface area contributed by atoms with Crippen LogP contribution in [0.1, 0.15) is 19.4 Å². The number of fused-ring (bicyclic) bond motifs is 6. The summed E-state index contributed by atoms with van der Waals surface area (Å²) in [6, 6.07) is 76.9. The molecule has 0 bridgehead atoms. The second-order valence-corrected chi connectivity index (χ2v) is 16.8. The van der Waals surface area contributed by atoms with Gasteiger partial charge in [-0.3, -0.25) is 0 Å². The Kier molecular flexibility index (Phi) is 8.58. The zero-order chi connectivity index (χ0) is 50.5. The highest BCUT2D eigenvalue weighted by Crippen LogP contribution is 2.45. The third-order valence-corrected chi connectivity index (χ3v) is 12.8. The number of hydrogen-bond acceptors (Lipinski definition) is 4. The normalized spacial score (nSPS) is 12.5. The molecule has 12 aromatic rings. The smallest absolute Gasteiger partial charge is 0.159 e. The highest BCUT2D eigenvalue weighted by atomic mass is 16.3. The Morgan fingerprint density at radius 3 is 1.06 bits per heavy atom. The van der Waals surface area contributed by atoms with E-state index in [2.05, 4.69) is 155 Å². The molecule has 0 saturated carbocycles. The lowest BCUT2D eigenvalue weighted by molar-refractivity contribution is 0.668. The number of benzene rings is 10. The number of hydrogen-bond donors (Lipinski definition) is 0. The lowest BCUT2D eigenvalue weighted by atomic mass is 10.0. The van der Waals surface area contributed by atoms with Crippen molar-refractivity contribution in [1.82, 2.24) is 0 Å². The van der Waals surface area contributed by atoms with E-state index in [-0.39, 0.29) is 12.1 Å². The number of rotatable bonds is 11. The van der Waals surface area contributed by atoms with Crippen molar-refractivity contribution in [3.63, 3.8) is 0 Å². The third kappa shape index (κ3) is 7.22. The molecule has 0 fully saturated rings. The molecule has 68 heavy (non-hydrogen) atoms. The van der Waals surface area contributed by atoms with Gasteiger partial charge >= 0.3 is 0 Å². The summed E-state index contributed by atoms with van der Waals surface area (Å²) >= 11 is 0. The molecule has 0 aliphatic heterocycles. The summed E-state index contributed by atoms with van der Waals surface area (Å²) in [6.45, 7) is -1.05. The van der Waals surface area contributed by atoms with Crippen molar-refractivity contribution in [3.8, 4) is 33.4 Å². The van der Waals surface area contributed by atoms with Gasteiger partial charge in [0.1, 0.15) is 11.2 Å². The largest absolute Gasteiger partial charge is 0.454 e. The van der Waals surface area contributed by atoms with Crippen molar-refractivity contribution in [2.75, 3.05) is 9.80 Å². The van der Waals surface area contributed by atoms with Crippen LogP contribution in [0.25, 0.3) is 89.4 Å². The fraction of sp³-hybridized carbons (Fsp3) is 0. The van der Waals surface area contributed by atoms with Gasteiger partial charge in [0.2, 0.25) is 0 Å². The Bertz CT molecular complexity index is 3860. The predicted octanol–water partition coefficient (Wildman–Crippen LogP) is 18.7. The van der Waals surface area contributed by atoms with Crippen LogP contribution in [0.15, 0.2) is 252 Å². The molecule has 322 valence electrons. The summed E-state index contributed by atoms with van der Waals surface area (Å²) in [5.74, 6) is 0. The molecule has 0 saturated heterocycles. The summed E-state index contributed by atoms with van der Waals surface area (Å²) in [7, 11) is 0. The Balaban J connectivity index is 0.910. The molecule has 0 N–H and O–H groups in total. The van der Waals surface area contributed by atoms with Crippen molar-refractivity contribution >= 4 is 90.1 Å². The van der Waals surface area contributed by atoms with Crippen LogP contribution < -0.4 is 9.80 Å². The van der Waals surface area contributed by atoms with Crippen molar-refractivity contribution in [2.45, 2.75) is 0 Å². The molecule has 4 heteroatoms. The van der Waals surface area contributed by atoms with E-state index in [1.165, 1.54) is 0 Å². The second-order valence-electron chi connectivity index (χ2n) is 16.8. The minimum Gasteiger partial charge on any atom is -0.454 e. The van der Waals surface area contributed by atoms with E-state index >= 15 is 0 Å². The minimum atomic E-state index is -0.524. The average molecular weight is 879 g/mol. The van der Waals surface area contributed by atoms with E-state index in [9.17, 15) is 0 Å². The predicted molar refractivity (Wildman–Crippen MR) is 287 cm³/mol. The van der Waals surface area contributed by atoms with Gasteiger partial charge in [-0.2, -0.15) is 0 Å². The summed E-state index contributed by atoms with van der Waals surface area (Å²) < 4.78 is 60.4. The van der Waals surface area contributed by atoms with Crippen LogP contribution in [-0.4, -0.2) is 0 Å². The molecule has 2 aromatic heterocycles. The first-order chi connectivity index (χ1) is 36.2. The highest BCUT2D eigenvalue weighted by molar-refractivity contribution is 6.11. The molecule has 10 aromatic carbocycles. The standard InChI is InChI=1S/C64H44N2O2/c1-3-43-13-9-15-49(41-43)47-29-37-53(38-30-47)65(59-21-11-19-57-55-17-5-7-23-61(55)67-63(57)59)51-33-25-45(26-34-51)46-27-35-52(36-28-46)66(54-39-31-48(32-40-54)50-16-10-14-44(4-2)42-50)60-22-12-20-58-56-18-6-8-24-62(56)68-64(58)60/h3-42H,1-2H2/i1D2,2D2,3D,4D. The second kappa shape index (κ2) is 17.0. The fourth-order valence-electron chi connectivity index (χ4n) is 9.44. The van der Waals surface area contributed by atoms with Crippen LogP contribution >= 0.6 is 0 Å². The fourth-order valence-corrected chi connectivity index (χ4v) is 9.44. The van der Waals surface area contributed by atoms with Gasteiger partial charge in [-0.25, -0.2) is 0 Å². The van der Waals surface area contributed by atoms with E-state index in [1.54, 1.807) is 12.1 Å². The summed E-state index contributed by atoms with van der Waals surface area (Å²) in [5, 5.41) is 4.13. The van der Waals surface area contributed by atoms with Gasteiger partial charge in [-0.1, -0.05) is 171 Å². The molecule has 4 nitrogen and oxygen atoms in total. The van der Waals surface area contributed by atoms with Crippen molar-refractivity contribution in [2.24, 2.45) is 0 Å². The minimum absolute atomic E-state index is 0.122. The van der Waals surface area contributed by atoms with Crippen LogP contribution in [0, 0.1) is 0 Å². The van der Waals surface area contributed by atoms with Crippen LogP contribution in [0.2, 0.25) is 0 Å². The Hall–Kier alpha value is -9.12. The Morgan fingerprint density at radius 2 is 0.676 bits per heavy atom. The summed E-state index contributed by atoms with van der Waals surface area (Å²) in [5.41, 5.74) is 15.5. The van der Waals surface area contributed by atoms with Gasteiger partial charge < -0.3 is 18.6 Å². The van der Waals surface area contributed by atoms with Crippen molar-refractivity contribution in [3.05, 3.63) is 255 Å². The molecule has 0 radical (unpaired) electrons. The molecule has 12 rings (SSSR count). The van der Waals surface area contributed by atoms with Gasteiger partial charge in [0.15, 0.2) is 11.2 Å². The van der Waals surface area contributed by atoms with Crippen LogP contribution in [0.5, 0.6) is 0 Å². The zero-order valence-corrected chi connectivity index (χ0v) is 36.7. The van der Waals surface area contributed by atoms with E-state index in [4.69, 9.17) is 17.1 Å². The van der Waals surface area contributed by atoms with Gasteiger partial charge in [-0.15, -0.1) is 0 Å². The molecule has 0 amide bonds. The molecule has 0 unspecified atom stereocenters. The van der Waals surface area contributed by atoms with E-state index in [0.29, 0.717) is 11.1 Å². The van der Waals surface area contributed by atoms with E-state index in [1.807, 2.05) is 72.8 Å². The molecular weight excluding hydrogens is 829 g/mol. The Morgan fingerprint density at radius 1 is 0.338 bits per heavy atom. The monoisotopic (exact) mass is 878 g/mol. The van der Waals surface area contributed by atoms with Gasteiger partial charge in [0.05, 0.1) is 19.6 Å². The highest BCUT2D eigenvalue weighted by Gasteiger charge is 2.22. The molecule has 0 atom stereocenters. The van der Waals surface area contributed by atoms with E-state index in [0.717, 1.165) is 111 Å². The lowest BCUT2D eigenvalue weighted by Gasteiger charge is -2.26. The number of para-hydroxylation sites is 4. The number of furan rings is 2. The third-order valence-electron chi connectivity index (χ3n) is 12.8. The van der Waals surface area contributed by atoms with Crippen LogP contribution in [0.3, 0.4) is 0 Å². The first-order valence-electron chi connectivity index (χ1n) is 25.5. The summed E-state index contributed by atoms with van der Waals surface area (Å²) in [6.07, 6.45) is 0. The zero-order valence-electron chi connectivity index (χ0n) is 42.7. The van der Waals surface area contributed by atoms with E-state index < -0.39 is 13.1 Å². The molecule has 0 spiro atoms. The van der Waals surface area contributed by atoms with Crippen molar-refractivity contribution < 1.29 is 17.1 Å². The SMILES string of the molecule is [2H]C([2H])=C([2H])c1cccc(-c2ccc(N(c3ccc(-c4ccc(N(c5ccc(-c6cccc(C([2H])=C([2H])[2H])c6)cc5)c5cccc6c5oc5ccccc56)cc4)cc3)c3cccc4c3oc3ccccc34)cc2)c1. The van der Waals surface area contributed by atoms with Gasteiger partial charge in [0.25, 0.3) is 0 Å². The molecule has 0 aliphatic carbocycles. The lowest BCUT2D eigenvalue weighted by Crippen LogP contribution is -2.10. The number of anilines is 6. The molecular formula is C64H44N2O2. The quantitative estimate of drug-likeness (QED) is 0.130. The molecule has 2 heterocycles. The number of nitrogens with zero attached hydrogens (tertiary/aromatic N) is 2. The first kappa shape index (κ1) is 34.3. The Labute approximate surface area is 403 Å². The maximum atomic E-state index is 8.24.